The summed E-state index contributed by atoms with van der Waals surface area (Å²) in [5, 5.41) is 6.60. The van der Waals surface area contributed by atoms with Gasteiger partial charge < -0.3 is 20.4 Å². The maximum Gasteiger partial charge on any atom is 0.257 e. The fourth-order valence-corrected chi connectivity index (χ4v) is 3.88. The maximum absolute atomic E-state index is 13.0. The van der Waals surface area contributed by atoms with Crippen molar-refractivity contribution in [3.8, 4) is 5.75 Å². The number of H-pyrrole nitrogens is 1. The van der Waals surface area contributed by atoms with Gasteiger partial charge >= 0.3 is 0 Å². The van der Waals surface area contributed by atoms with E-state index in [4.69, 9.17) is 4.74 Å². The van der Waals surface area contributed by atoms with Gasteiger partial charge in [-0.1, -0.05) is 24.6 Å². The SMILES string of the molecule is CNC(=O)COc1cccc(NC(=O)c2cccc3c4c([nH]c23)CCCCC4)c1. The van der Waals surface area contributed by atoms with Crippen molar-refractivity contribution in [1.82, 2.24) is 10.3 Å². The van der Waals surface area contributed by atoms with Gasteiger partial charge in [-0.2, -0.15) is 0 Å². The molecule has 2 aromatic carbocycles. The first-order valence-electron chi connectivity index (χ1n) is 10.0. The number of likely N-dealkylation sites (N-methyl/N-ethyl adjacent to an activating group) is 1. The van der Waals surface area contributed by atoms with Gasteiger partial charge in [0.05, 0.1) is 11.1 Å². The monoisotopic (exact) mass is 391 g/mol. The molecule has 0 saturated carbocycles. The van der Waals surface area contributed by atoms with Gasteiger partial charge in [0.1, 0.15) is 5.75 Å². The third kappa shape index (κ3) is 4.11. The number of aryl methyl sites for hydroxylation is 2. The van der Waals surface area contributed by atoms with Crippen LogP contribution in [0.1, 0.15) is 40.9 Å². The lowest BCUT2D eigenvalue weighted by Gasteiger charge is -2.09. The number of hydrogen-bond donors (Lipinski definition) is 3. The van der Waals surface area contributed by atoms with Crippen LogP contribution < -0.4 is 15.4 Å². The second-order valence-corrected chi connectivity index (χ2v) is 7.31. The Hall–Kier alpha value is -3.28. The van der Waals surface area contributed by atoms with Gasteiger partial charge in [-0.05, 0) is 49.4 Å². The van der Waals surface area contributed by atoms with Crippen LogP contribution in [0.2, 0.25) is 0 Å². The lowest BCUT2D eigenvalue weighted by Crippen LogP contribution is -2.24. The predicted molar refractivity (Wildman–Crippen MR) is 114 cm³/mol. The molecular formula is C23H25N3O3. The Morgan fingerprint density at radius 2 is 1.90 bits per heavy atom. The highest BCUT2D eigenvalue weighted by Gasteiger charge is 2.18. The Bertz CT molecular complexity index is 1050. The van der Waals surface area contributed by atoms with Crippen LogP contribution in [-0.4, -0.2) is 30.5 Å². The fraction of sp³-hybridized carbons (Fsp3) is 0.304. The van der Waals surface area contributed by atoms with Crippen molar-refractivity contribution in [3.63, 3.8) is 0 Å². The smallest absolute Gasteiger partial charge is 0.257 e. The topological polar surface area (TPSA) is 83.2 Å². The zero-order valence-electron chi connectivity index (χ0n) is 16.5. The number of aromatic nitrogens is 1. The Morgan fingerprint density at radius 1 is 1.07 bits per heavy atom. The van der Waals surface area contributed by atoms with Gasteiger partial charge in [0, 0.05) is 29.9 Å². The summed E-state index contributed by atoms with van der Waals surface area (Å²) in [4.78, 5) is 27.9. The van der Waals surface area contributed by atoms with Crippen LogP contribution in [-0.2, 0) is 17.6 Å². The van der Waals surface area contributed by atoms with Crippen LogP contribution >= 0.6 is 0 Å². The number of aromatic amines is 1. The number of nitrogens with one attached hydrogen (secondary N) is 3. The molecule has 0 unspecified atom stereocenters. The molecule has 0 aliphatic heterocycles. The van der Waals surface area contributed by atoms with E-state index >= 15 is 0 Å². The summed E-state index contributed by atoms with van der Waals surface area (Å²) < 4.78 is 5.45. The Labute approximate surface area is 169 Å². The molecule has 1 aliphatic carbocycles. The first-order valence-corrected chi connectivity index (χ1v) is 10.0. The Kier molecular flexibility index (Phi) is 5.51. The third-order valence-corrected chi connectivity index (χ3v) is 5.37. The van der Waals surface area contributed by atoms with Crippen LogP contribution in [0.5, 0.6) is 5.75 Å². The second kappa shape index (κ2) is 8.39. The molecule has 1 aliphatic rings. The van der Waals surface area contributed by atoms with E-state index < -0.39 is 0 Å². The van der Waals surface area contributed by atoms with E-state index in [1.807, 2.05) is 12.1 Å². The van der Waals surface area contributed by atoms with Crippen LogP contribution in [0, 0.1) is 0 Å². The van der Waals surface area contributed by atoms with Crippen molar-refractivity contribution in [2.45, 2.75) is 32.1 Å². The summed E-state index contributed by atoms with van der Waals surface area (Å²) >= 11 is 0. The van der Waals surface area contributed by atoms with E-state index in [1.165, 1.54) is 30.5 Å². The van der Waals surface area contributed by atoms with E-state index in [2.05, 4.69) is 21.7 Å². The summed E-state index contributed by atoms with van der Waals surface area (Å²) in [5.74, 6) is 0.143. The molecule has 29 heavy (non-hydrogen) atoms. The van der Waals surface area contributed by atoms with Gasteiger partial charge in [0.2, 0.25) is 0 Å². The first kappa shape index (κ1) is 19.1. The van der Waals surface area contributed by atoms with Crippen LogP contribution in [0.3, 0.4) is 0 Å². The number of rotatable bonds is 5. The van der Waals surface area contributed by atoms with E-state index in [0.29, 0.717) is 17.0 Å². The average Bonchev–Trinajstić information content (AvgIpc) is 2.93. The molecule has 1 heterocycles. The second-order valence-electron chi connectivity index (χ2n) is 7.31. The minimum atomic E-state index is -0.211. The number of ether oxygens (including phenoxy) is 1. The number of para-hydroxylation sites is 1. The number of benzene rings is 2. The van der Waals surface area contributed by atoms with Crippen LogP contribution in [0.15, 0.2) is 42.5 Å². The molecule has 0 atom stereocenters. The summed E-state index contributed by atoms with van der Waals surface area (Å²) in [5.41, 5.74) is 4.78. The number of hydrogen-bond acceptors (Lipinski definition) is 3. The number of fused-ring (bicyclic) bond motifs is 3. The van der Waals surface area contributed by atoms with Crippen molar-refractivity contribution >= 4 is 28.4 Å². The summed E-state index contributed by atoms with van der Waals surface area (Å²) in [7, 11) is 1.56. The molecule has 150 valence electrons. The van der Waals surface area contributed by atoms with Gasteiger partial charge in [-0.25, -0.2) is 0 Å². The minimum Gasteiger partial charge on any atom is -0.484 e. The van der Waals surface area contributed by atoms with E-state index in [9.17, 15) is 9.59 Å². The molecule has 6 nitrogen and oxygen atoms in total. The third-order valence-electron chi connectivity index (χ3n) is 5.37. The van der Waals surface area contributed by atoms with E-state index in [0.717, 1.165) is 23.7 Å². The molecule has 0 radical (unpaired) electrons. The van der Waals surface area contributed by atoms with Crippen LogP contribution in [0.4, 0.5) is 5.69 Å². The Balaban J connectivity index is 1.56. The summed E-state index contributed by atoms with van der Waals surface area (Å²) in [6.07, 6.45) is 5.73. The van der Waals surface area contributed by atoms with Crippen molar-refractivity contribution in [3.05, 3.63) is 59.3 Å². The first-order chi connectivity index (χ1) is 14.2. The molecular weight excluding hydrogens is 366 g/mol. The minimum absolute atomic E-state index is 0.0682. The maximum atomic E-state index is 13.0. The van der Waals surface area contributed by atoms with Crippen molar-refractivity contribution < 1.29 is 14.3 Å². The summed E-state index contributed by atoms with van der Waals surface area (Å²) in [6.45, 7) is -0.0682. The zero-order chi connectivity index (χ0) is 20.2. The molecule has 3 aromatic rings. The van der Waals surface area contributed by atoms with Crippen molar-refractivity contribution in [2.24, 2.45) is 0 Å². The largest absolute Gasteiger partial charge is 0.484 e. The zero-order valence-corrected chi connectivity index (χ0v) is 16.5. The molecule has 3 N–H and O–H groups in total. The highest BCUT2D eigenvalue weighted by Crippen LogP contribution is 2.30. The number of anilines is 1. The summed E-state index contributed by atoms with van der Waals surface area (Å²) in [6, 6.07) is 12.9. The van der Waals surface area contributed by atoms with Crippen LogP contribution in [0.25, 0.3) is 10.9 Å². The molecule has 1 aromatic heterocycles. The normalized spacial score (nSPS) is 13.4. The molecule has 0 fully saturated rings. The van der Waals surface area contributed by atoms with Gasteiger partial charge in [0.15, 0.2) is 6.61 Å². The number of amides is 2. The number of carbonyl (C=O) groups is 2. The van der Waals surface area contributed by atoms with Crippen molar-refractivity contribution in [2.75, 3.05) is 19.0 Å². The van der Waals surface area contributed by atoms with E-state index in [-0.39, 0.29) is 18.4 Å². The molecule has 2 amide bonds. The highest BCUT2D eigenvalue weighted by molar-refractivity contribution is 6.12. The quantitative estimate of drug-likeness (QED) is 0.578. The molecule has 0 spiro atoms. The predicted octanol–water partition coefficient (Wildman–Crippen LogP) is 3.81. The standard InChI is InChI=1S/C23H25N3O3/c1-24-21(27)14-29-16-8-5-7-15(13-16)25-23(28)19-11-6-10-18-17-9-3-2-4-12-20(17)26-22(18)19/h5-8,10-11,13,26H,2-4,9,12,14H2,1H3,(H,24,27)(H,25,28). The lowest BCUT2D eigenvalue weighted by atomic mass is 10.0. The lowest BCUT2D eigenvalue weighted by molar-refractivity contribution is -0.122. The molecule has 0 bridgehead atoms. The van der Waals surface area contributed by atoms with Crippen molar-refractivity contribution in [1.29, 1.82) is 0 Å². The van der Waals surface area contributed by atoms with E-state index in [1.54, 1.807) is 31.3 Å². The molecule has 0 saturated heterocycles. The average molecular weight is 391 g/mol. The molecule has 4 rings (SSSR count). The van der Waals surface area contributed by atoms with Gasteiger partial charge in [-0.3, -0.25) is 9.59 Å². The fourth-order valence-electron chi connectivity index (χ4n) is 3.88. The van der Waals surface area contributed by atoms with Gasteiger partial charge in [0.25, 0.3) is 11.8 Å². The molecule has 6 heteroatoms. The highest BCUT2D eigenvalue weighted by atomic mass is 16.5. The number of carbonyl (C=O) groups excluding carboxylic acids is 2. The Morgan fingerprint density at radius 3 is 2.76 bits per heavy atom. The van der Waals surface area contributed by atoms with Gasteiger partial charge in [-0.15, -0.1) is 0 Å².